The van der Waals surface area contributed by atoms with Crippen LogP contribution in [0, 0.1) is 0 Å². The molecule has 0 radical (unpaired) electrons. The summed E-state index contributed by atoms with van der Waals surface area (Å²) in [7, 11) is 0. The number of hydrogen-bond donors (Lipinski definition) is 1. The van der Waals surface area contributed by atoms with Crippen molar-refractivity contribution < 1.29 is 4.42 Å². The molecule has 1 aromatic heterocycles. The Morgan fingerprint density at radius 2 is 2.33 bits per heavy atom. The quantitative estimate of drug-likeness (QED) is 0.684. The Morgan fingerprint density at radius 1 is 1.50 bits per heavy atom. The molecule has 2 nitrogen and oxygen atoms in total. The minimum atomic E-state index is 0.335. The third-order valence-electron chi connectivity index (χ3n) is 1.91. The Hall–Kier alpha value is -0.760. The molecule has 0 bridgehead atoms. The lowest BCUT2D eigenvalue weighted by molar-refractivity contribution is 0.490. The zero-order valence-electron chi connectivity index (χ0n) is 7.62. The van der Waals surface area contributed by atoms with E-state index in [1.54, 1.807) is 6.26 Å². The topological polar surface area (TPSA) is 39.2 Å². The highest BCUT2D eigenvalue weighted by Crippen LogP contribution is 2.07. The van der Waals surface area contributed by atoms with Gasteiger partial charge in [0.05, 0.1) is 6.26 Å². The maximum absolute atomic E-state index is 5.63. The second-order valence-electron chi connectivity index (χ2n) is 3.30. The average molecular weight is 167 g/mol. The Balaban J connectivity index is 2.04. The van der Waals surface area contributed by atoms with Crippen LogP contribution in [0.5, 0.6) is 0 Å². The molecule has 0 spiro atoms. The van der Waals surface area contributed by atoms with Crippen LogP contribution in [0.25, 0.3) is 0 Å². The summed E-state index contributed by atoms with van der Waals surface area (Å²) in [6, 6.07) is 4.29. The first-order chi connectivity index (χ1) is 5.79. The lowest BCUT2D eigenvalue weighted by Gasteiger charge is -2.02. The van der Waals surface area contributed by atoms with Crippen molar-refractivity contribution >= 4 is 0 Å². The van der Waals surface area contributed by atoms with Crippen LogP contribution >= 0.6 is 0 Å². The maximum Gasteiger partial charge on any atom is 0.103 e. The molecule has 1 atom stereocenters. The molecule has 2 heteroatoms. The lowest BCUT2D eigenvalue weighted by Crippen LogP contribution is -2.13. The minimum Gasteiger partial charge on any atom is -0.469 e. The van der Waals surface area contributed by atoms with E-state index in [2.05, 4.69) is 0 Å². The van der Waals surface area contributed by atoms with Gasteiger partial charge in [-0.15, -0.1) is 0 Å². The first kappa shape index (κ1) is 9.33. The highest BCUT2D eigenvalue weighted by Gasteiger charge is 1.97. The summed E-state index contributed by atoms with van der Waals surface area (Å²) in [6.45, 7) is 2.05. The molecule has 0 unspecified atom stereocenters. The summed E-state index contributed by atoms with van der Waals surface area (Å²) in [5.41, 5.74) is 5.63. The SMILES string of the molecule is C[C@@H](N)CCCCc1ccco1. The van der Waals surface area contributed by atoms with Gasteiger partial charge in [0.15, 0.2) is 0 Å². The van der Waals surface area contributed by atoms with Crippen molar-refractivity contribution in [3.05, 3.63) is 24.2 Å². The molecule has 0 amide bonds. The molecule has 0 aromatic carbocycles. The fourth-order valence-electron chi connectivity index (χ4n) is 1.22. The minimum absolute atomic E-state index is 0.335. The molecule has 1 rings (SSSR count). The molecule has 2 N–H and O–H groups in total. The molecule has 68 valence electrons. The molecule has 1 heterocycles. The molecular weight excluding hydrogens is 150 g/mol. The molecule has 0 saturated carbocycles. The van der Waals surface area contributed by atoms with Crippen LogP contribution < -0.4 is 5.73 Å². The molecule has 0 aliphatic carbocycles. The van der Waals surface area contributed by atoms with Gasteiger partial charge in [-0.1, -0.05) is 6.42 Å². The smallest absolute Gasteiger partial charge is 0.103 e. The van der Waals surface area contributed by atoms with E-state index in [4.69, 9.17) is 10.2 Å². The van der Waals surface area contributed by atoms with Crippen molar-refractivity contribution in [2.75, 3.05) is 0 Å². The van der Waals surface area contributed by atoms with Crippen molar-refractivity contribution in [1.29, 1.82) is 0 Å². The van der Waals surface area contributed by atoms with Crippen molar-refractivity contribution in [2.45, 2.75) is 38.6 Å². The summed E-state index contributed by atoms with van der Waals surface area (Å²) in [5.74, 6) is 1.08. The highest BCUT2D eigenvalue weighted by atomic mass is 16.3. The van der Waals surface area contributed by atoms with Gasteiger partial charge in [-0.3, -0.25) is 0 Å². The Kier molecular flexibility index (Phi) is 3.88. The number of rotatable bonds is 5. The lowest BCUT2D eigenvalue weighted by atomic mass is 10.1. The summed E-state index contributed by atoms with van der Waals surface area (Å²) < 4.78 is 5.21. The second-order valence-corrected chi connectivity index (χ2v) is 3.30. The van der Waals surface area contributed by atoms with Crippen LogP contribution in [0.4, 0.5) is 0 Å². The fourth-order valence-corrected chi connectivity index (χ4v) is 1.22. The monoisotopic (exact) mass is 167 g/mol. The summed E-state index contributed by atoms with van der Waals surface area (Å²) >= 11 is 0. The van der Waals surface area contributed by atoms with Gasteiger partial charge in [0.1, 0.15) is 5.76 Å². The van der Waals surface area contributed by atoms with E-state index in [1.807, 2.05) is 19.1 Å². The predicted octanol–water partition coefficient (Wildman–Crippen LogP) is 2.34. The summed E-state index contributed by atoms with van der Waals surface area (Å²) in [6.07, 6.45) is 6.24. The van der Waals surface area contributed by atoms with Gasteiger partial charge in [-0.05, 0) is 31.9 Å². The van der Waals surface area contributed by atoms with E-state index in [9.17, 15) is 0 Å². The highest BCUT2D eigenvalue weighted by molar-refractivity contribution is 4.97. The van der Waals surface area contributed by atoms with Crippen LogP contribution in [-0.2, 0) is 6.42 Å². The molecule has 12 heavy (non-hydrogen) atoms. The van der Waals surface area contributed by atoms with Gasteiger partial charge in [0.2, 0.25) is 0 Å². The summed E-state index contributed by atoms with van der Waals surface area (Å²) in [4.78, 5) is 0. The zero-order chi connectivity index (χ0) is 8.81. The van der Waals surface area contributed by atoms with Crippen molar-refractivity contribution in [3.8, 4) is 0 Å². The molecule has 0 saturated heterocycles. The van der Waals surface area contributed by atoms with Crippen LogP contribution in [0.15, 0.2) is 22.8 Å². The van der Waals surface area contributed by atoms with Crippen molar-refractivity contribution in [2.24, 2.45) is 5.73 Å². The predicted molar refractivity (Wildman–Crippen MR) is 49.9 cm³/mol. The van der Waals surface area contributed by atoms with Gasteiger partial charge in [-0.25, -0.2) is 0 Å². The summed E-state index contributed by atoms with van der Waals surface area (Å²) in [5, 5.41) is 0. The standard InChI is InChI=1S/C10H17NO/c1-9(11)5-2-3-6-10-7-4-8-12-10/h4,7-9H,2-3,5-6,11H2,1H3/t9-/m1/s1. The van der Waals surface area contributed by atoms with Gasteiger partial charge < -0.3 is 10.2 Å². The Morgan fingerprint density at radius 3 is 2.92 bits per heavy atom. The number of nitrogens with two attached hydrogens (primary N) is 1. The number of unbranched alkanes of at least 4 members (excludes halogenated alkanes) is 1. The van der Waals surface area contributed by atoms with E-state index >= 15 is 0 Å². The van der Waals surface area contributed by atoms with E-state index in [1.165, 1.54) is 12.8 Å². The largest absolute Gasteiger partial charge is 0.469 e. The Bertz CT molecular complexity index is 192. The third-order valence-corrected chi connectivity index (χ3v) is 1.91. The van der Waals surface area contributed by atoms with E-state index in [-0.39, 0.29) is 0 Å². The van der Waals surface area contributed by atoms with E-state index in [0.29, 0.717) is 6.04 Å². The molecule has 0 fully saturated rings. The first-order valence-corrected chi connectivity index (χ1v) is 4.57. The van der Waals surface area contributed by atoms with Crippen LogP contribution in [0.2, 0.25) is 0 Å². The maximum atomic E-state index is 5.63. The third kappa shape index (κ3) is 3.58. The molecule has 1 aromatic rings. The molecular formula is C10H17NO. The van der Waals surface area contributed by atoms with Crippen molar-refractivity contribution in [1.82, 2.24) is 0 Å². The second kappa shape index (κ2) is 4.99. The van der Waals surface area contributed by atoms with Crippen molar-refractivity contribution in [3.63, 3.8) is 0 Å². The van der Waals surface area contributed by atoms with Crippen LogP contribution in [0.1, 0.15) is 31.9 Å². The van der Waals surface area contributed by atoms with Gasteiger partial charge in [-0.2, -0.15) is 0 Å². The normalized spacial score (nSPS) is 13.2. The van der Waals surface area contributed by atoms with E-state index < -0.39 is 0 Å². The number of aryl methyl sites for hydroxylation is 1. The zero-order valence-corrected chi connectivity index (χ0v) is 7.62. The Labute approximate surface area is 73.8 Å². The first-order valence-electron chi connectivity index (χ1n) is 4.57. The number of furan rings is 1. The van der Waals surface area contributed by atoms with Gasteiger partial charge in [0, 0.05) is 12.5 Å². The van der Waals surface area contributed by atoms with Crippen LogP contribution in [-0.4, -0.2) is 6.04 Å². The average Bonchev–Trinajstić information content (AvgIpc) is 2.49. The van der Waals surface area contributed by atoms with Gasteiger partial charge >= 0.3 is 0 Å². The fraction of sp³-hybridized carbons (Fsp3) is 0.600. The van der Waals surface area contributed by atoms with Gasteiger partial charge in [0.25, 0.3) is 0 Å². The molecule has 0 aliphatic heterocycles. The molecule has 0 aliphatic rings. The van der Waals surface area contributed by atoms with E-state index in [0.717, 1.165) is 18.6 Å². The number of hydrogen-bond acceptors (Lipinski definition) is 2. The van der Waals surface area contributed by atoms with Crippen LogP contribution in [0.3, 0.4) is 0 Å².